The van der Waals surface area contributed by atoms with Crippen LogP contribution in [0, 0.1) is 0 Å². The van der Waals surface area contributed by atoms with E-state index in [2.05, 4.69) is 28.9 Å². The van der Waals surface area contributed by atoms with Crippen LogP contribution in [0.25, 0.3) is 0 Å². The highest BCUT2D eigenvalue weighted by Gasteiger charge is 2.62. The molecule has 0 fully saturated rings. The Morgan fingerprint density at radius 1 is 0.943 bits per heavy atom. The summed E-state index contributed by atoms with van der Waals surface area (Å²) in [6.07, 6.45) is 1.25. The zero-order valence-electron chi connectivity index (χ0n) is 25.1. The largest absolute Gasteiger partial charge is 0.427 e. The maximum absolute atomic E-state index is 14.6. The van der Waals surface area contributed by atoms with Crippen LogP contribution in [0.1, 0.15) is 89.0 Å². The van der Waals surface area contributed by atoms with Crippen LogP contribution in [0.2, 0.25) is 23.2 Å². The summed E-state index contributed by atoms with van der Waals surface area (Å²) < 4.78 is 28.2. The van der Waals surface area contributed by atoms with Crippen LogP contribution in [0.15, 0.2) is 24.6 Å². The Kier molecular flexibility index (Phi) is 10.7. The summed E-state index contributed by atoms with van der Waals surface area (Å²) in [7, 11) is -6.55. The van der Waals surface area contributed by atoms with Crippen molar-refractivity contribution in [3.63, 3.8) is 0 Å². The van der Waals surface area contributed by atoms with Gasteiger partial charge in [0.15, 0.2) is 0 Å². The Balaban J connectivity index is 6.71. The third-order valence-corrected chi connectivity index (χ3v) is 23.2. The SMILES string of the molecule is C=C[Si](C)(O)C(C)(CC)C(C)(C)OP(C)(=O)C(C)(C)C(C)(CC)O[Si](C)(C=C)C(C)(C)C(C)(O)P. The van der Waals surface area contributed by atoms with Gasteiger partial charge in [-0.2, -0.15) is 0 Å². The molecule has 0 aliphatic heterocycles. The van der Waals surface area contributed by atoms with E-state index in [1.165, 1.54) is 0 Å². The van der Waals surface area contributed by atoms with E-state index in [1.54, 1.807) is 19.3 Å². The van der Waals surface area contributed by atoms with Crippen LogP contribution in [-0.2, 0) is 13.5 Å². The van der Waals surface area contributed by atoms with Crippen LogP contribution in [0.5, 0.6) is 0 Å². The zero-order chi connectivity index (χ0) is 28.7. The fourth-order valence-electron chi connectivity index (χ4n) is 4.72. The lowest BCUT2D eigenvalue weighted by molar-refractivity contribution is 0.00310. The van der Waals surface area contributed by atoms with Gasteiger partial charge < -0.3 is 18.9 Å². The summed E-state index contributed by atoms with van der Waals surface area (Å²) in [6.45, 7) is 35.2. The predicted molar refractivity (Wildman–Crippen MR) is 161 cm³/mol. The van der Waals surface area contributed by atoms with Gasteiger partial charge in [0.2, 0.25) is 24.0 Å². The lowest BCUT2D eigenvalue weighted by atomic mass is 9.89. The van der Waals surface area contributed by atoms with Crippen molar-refractivity contribution in [3.05, 3.63) is 24.6 Å². The molecule has 7 unspecified atom stereocenters. The molecule has 0 saturated heterocycles. The average molecular weight is 567 g/mol. The smallest absolute Gasteiger partial charge is 0.223 e. The molecule has 35 heavy (non-hydrogen) atoms. The number of rotatable bonds is 14. The highest BCUT2D eigenvalue weighted by molar-refractivity contribution is 7.60. The second kappa shape index (κ2) is 10.5. The molecule has 0 amide bonds. The summed E-state index contributed by atoms with van der Waals surface area (Å²) in [4.78, 5) is 11.3. The number of aliphatic hydroxyl groups is 1. The Morgan fingerprint density at radius 2 is 1.37 bits per heavy atom. The molecule has 0 aliphatic rings. The van der Waals surface area contributed by atoms with Crippen LogP contribution in [0.3, 0.4) is 0 Å². The van der Waals surface area contributed by atoms with E-state index in [9.17, 15) is 14.5 Å². The fraction of sp³-hybridized carbons (Fsp3) is 0.846. The van der Waals surface area contributed by atoms with E-state index < -0.39 is 55.8 Å². The maximum atomic E-state index is 14.6. The Bertz CT molecular complexity index is 834. The van der Waals surface area contributed by atoms with Crippen LogP contribution >= 0.6 is 16.6 Å². The highest BCUT2D eigenvalue weighted by Crippen LogP contribution is 2.68. The third kappa shape index (κ3) is 5.88. The van der Waals surface area contributed by atoms with E-state index in [0.717, 1.165) is 0 Å². The Labute approximate surface area is 221 Å². The highest BCUT2D eigenvalue weighted by atomic mass is 31.2. The van der Waals surface area contributed by atoms with Gasteiger partial charge in [0.1, 0.15) is 0 Å². The topological polar surface area (TPSA) is 76.0 Å². The van der Waals surface area contributed by atoms with Crippen LogP contribution < -0.4 is 0 Å². The molecule has 5 nitrogen and oxygen atoms in total. The predicted octanol–water partition coefficient (Wildman–Crippen LogP) is 7.78. The second-order valence-electron chi connectivity index (χ2n) is 12.8. The molecule has 0 bridgehead atoms. The van der Waals surface area contributed by atoms with E-state index in [0.29, 0.717) is 12.8 Å². The van der Waals surface area contributed by atoms with Crippen LogP contribution in [0.4, 0.5) is 0 Å². The molecule has 0 saturated carbocycles. The Hall–Kier alpha value is 0.414. The van der Waals surface area contributed by atoms with E-state index >= 15 is 0 Å². The first kappa shape index (κ1) is 35.4. The number of hydrogen-bond donors (Lipinski definition) is 2. The first-order chi connectivity index (χ1) is 15.2. The van der Waals surface area contributed by atoms with E-state index in [-0.39, 0.29) is 0 Å². The van der Waals surface area contributed by atoms with Crippen molar-refractivity contribution in [1.82, 2.24) is 0 Å². The molecule has 208 valence electrons. The first-order valence-electron chi connectivity index (χ1n) is 12.6. The minimum Gasteiger partial charge on any atom is -0.427 e. The summed E-state index contributed by atoms with van der Waals surface area (Å²) in [6, 6.07) is 0. The van der Waals surface area contributed by atoms with Crippen molar-refractivity contribution in [1.29, 1.82) is 0 Å². The summed E-state index contributed by atoms with van der Waals surface area (Å²) in [5.74, 6) is 0. The van der Waals surface area contributed by atoms with Crippen molar-refractivity contribution >= 4 is 33.2 Å². The molecular weight excluding hydrogens is 510 g/mol. The summed E-state index contributed by atoms with van der Waals surface area (Å²) in [5.41, 5.74) is 1.81. The monoisotopic (exact) mass is 566 g/mol. The van der Waals surface area contributed by atoms with E-state index in [1.807, 2.05) is 81.5 Å². The van der Waals surface area contributed by atoms with Gasteiger partial charge in [0.05, 0.1) is 21.7 Å². The maximum Gasteiger partial charge on any atom is 0.223 e. The van der Waals surface area contributed by atoms with Gasteiger partial charge in [0.25, 0.3) is 0 Å². The molecule has 2 N–H and O–H groups in total. The standard InChI is InChI=1S/C26H56O5P2Si2/c1-17-24(11,31-35(16,20-4)23(9,10)26(13,27)32)22(7,8)33(14,28)30-21(5,6)25(12,18-2)34(15,29)19-3/h19-20,27,29H,3-4,17-18,32H2,1-2,5-16H3. The summed E-state index contributed by atoms with van der Waals surface area (Å²) >= 11 is 0. The first-order valence-corrected chi connectivity index (χ1v) is 20.3. The van der Waals surface area contributed by atoms with Crippen molar-refractivity contribution in [3.8, 4) is 0 Å². The Morgan fingerprint density at radius 3 is 1.66 bits per heavy atom. The second-order valence-corrected chi connectivity index (χ2v) is 24.8. The molecule has 9 heteroatoms. The van der Waals surface area contributed by atoms with Gasteiger partial charge in [-0.1, -0.05) is 46.0 Å². The van der Waals surface area contributed by atoms with Crippen molar-refractivity contribution < 1.29 is 23.4 Å². The van der Waals surface area contributed by atoms with Crippen molar-refractivity contribution in [2.24, 2.45) is 0 Å². The molecule has 0 aromatic carbocycles. The molecule has 0 aromatic rings. The van der Waals surface area contributed by atoms with E-state index in [4.69, 9.17) is 8.95 Å². The van der Waals surface area contributed by atoms with Gasteiger partial charge in [-0.25, -0.2) is 0 Å². The molecule has 0 heterocycles. The molecule has 7 atom stereocenters. The minimum absolute atomic E-state index is 0.595. The average Bonchev–Trinajstić information content (AvgIpc) is 2.70. The van der Waals surface area contributed by atoms with Gasteiger partial charge >= 0.3 is 0 Å². The molecule has 0 rings (SSSR count). The fourth-order valence-corrected chi connectivity index (χ4v) is 13.7. The van der Waals surface area contributed by atoms with Crippen molar-refractivity contribution in [2.75, 3.05) is 6.66 Å². The quantitative estimate of drug-likeness (QED) is 0.166. The normalized spacial score (nSPS) is 24.0. The summed E-state index contributed by atoms with van der Waals surface area (Å²) in [5, 5.41) is 7.79. The molecule has 0 radical (unpaired) electrons. The van der Waals surface area contributed by atoms with Gasteiger partial charge in [0, 0.05) is 16.7 Å². The lowest BCUT2D eigenvalue weighted by Gasteiger charge is -2.57. The zero-order valence-corrected chi connectivity index (χ0v) is 29.2. The van der Waals surface area contributed by atoms with Gasteiger partial charge in [-0.3, -0.25) is 4.57 Å². The molecule has 0 aliphatic carbocycles. The van der Waals surface area contributed by atoms with Gasteiger partial charge in [-0.05, 0) is 67.5 Å². The lowest BCUT2D eigenvalue weighted by Crippen LogP contribution is -2.62. The number of hydrogen-bond acceptors (Lipinski definition) is 5. The van der Waals surface area contributed by atoms with Gasteiger partial charge in [-0.15, -0.1) is 22.4 Å². The third-order valence-electron chi connectivity index (χ3n) is 10.3. The molecule has 0 spiro atoms. The van der Waals surface area contributed by atoms with Crippen molar-refractivity contribution in [2.45, 2.75) is 134 Å². The molecular formula is C26H56O5P2Si2. The minimum atomic E-state index is -3.36. The van der Waals surface area contributed by atoms with Crippen LogP contribution in [-0.4, -0.2) is 54.9 Å². The molecule has 0 aromatic heterocycles.